The Morgan fingerprint density at radius 3 is 3.00 bits per heavy atom. The minimum absolute atomic E-state index is 0.659. The van der Waals surface area contributed by atoms with Crippen molar-refractivity contribution in [3.05, 3.63) is 42.1 Å². The summed E-state index contributed by atoms with van der Waals surface area (Å²) in [6, 6.07) is 9.98. The number of benzene rings is 1. The highest BCUT2D eigenvalue weighted by atomic mass is 16.4. The molecule has 4 nitrogen and oxygen atoms in total. The molecule has 1 N–H and O–H groups in total. The predicted octanol–water partition coefficient (Wildman–Crippen LogP) is 2.67. The molecule has 1 unspecified atom stereocenters. The predicted molar refractivity (Wildman–Crippen MR) is 77.4 cm³/mol. The molecular formula is C16H18N2O2. The molecule has 1 aromatic carbocycles. The van der Waals surface area contributed by atoms with Crippen molar-refractivity contribution in [2.75, 3.05) is 6.54 Å². The molecule has 2 heterocycles. The number of para-hydroxylation sites is 1. The molecule has 1 fully saturated rings. The lowest BCUT2D eigenvalue weighted by Crippen LogP contribution is -2.47. The number of rotatable bonds is 3. The van der Waals surface area contributed by atoms with E-state index in [0.717, 1.165) is 29.4 Å². The number of carboxylic acids is 1. The Labute approximate surface area is 118 Å². The number of aromatic nitrogens is 1. The van der Waals surface area contributed by atoms with Gasteiger partial charge in [0.15, 0.2) is 0 Å². The third-order valence-corrected chi connectivity index (χ3v) is 4.35. The van der Waals surface area contributed by atoms with Crippen molar-refractivity contribution < 1.29 is 9.90 Å². The number of aliphatic carboxylic acids is 1. The van der Waals surface area contributed by atoms with Gasteiger partial charge in [0, 0.05) is 18.1 Å². The topological polar surface area (TPSA) is 53.4 Å². The van der Waals surface area contributed by atoms with E-state index in [2.05, 4.69) is 9.88 Å². The molecule has 0 spiro atoms. The van der Waals surface area contributed by atoms with Crippen LogP contribution in [-0.4, -0.2) is 33.0 Å². The Morgan fingerprint density at radius 1 is 1.40 bits per heavy atom. The SMILES string of the molecule is CC1(C(=O)O)CCCN1Cc1ccnc2ccccc12. The number of carbonyl (C=O) groups is 1. The number of carboxylic acid groups (broad SMARTS) is 1. The number of likely N-dealkylation sites (tertiary alicyclic amines) is 1. The highest BCUT2D eigenvalue weighted by Gasteiger charge is 2.43. The molecule has 1 aromatic heterocycles. The van der Waals surface area contributed by atoms with Gasteiger partial charge in [0.25, 0.3) is 0 Å². The van der Waals surface area contributed by atoms with Crippen molar-refractivity contribution in [1.29, 1.82) is 0 Å². The third kappa shape index (κ3) is 2.06. The maximum Gasteiger partial charge on any atom is 0.323 e. The van der Waals surface area contributed by atoms with E-state index in [1.807, 2.05) is 37.3 Å². The lowest BCUT2D eigenvalue weighted by Gasteiger charge is -2.31. The van der Waals surface area contributed by atoms with E-state index in [1.165, 1.54) is 0 Å². The molecule has 0 radical (unpaired) electrons. The van der Waals surface area contributed by atoms with Crippen molar-refractivity contribution in [3.63, 3.8) is 0 Å². The van der Waals surface area contributed by atoms with Gasteiger partial charge in [-0.3, -0.25) is 14.7 Å². The zero-order chi connectivity index (χ0) is 14.2. The summed E-state index contributed by atoms with van der Waals surface area (Å²) >= 11 is 0. The number of fused-ring (bicyclic) bond motifs is 1. The first-order valence-electron chi connectivity index (χ1n) is 6.92. The fourth-order valence-corrected chi connectivity index (χ4v) is 3.01. The maximum atomic E-state index is 11.5. The smallest absolute Gasteiger partial charge is 0.323 e. The summed E-state index contributed by atoms with van der Waals surface area (Å²) in [5.41, 5.74) is 1.36. The first-order chi connectivity index (χ1) is 9.61. The van der Waals surface area contributed by atoms with Crippen molar-refractivity contribution >= 4 is 16.9 Å². The van der Waals surface area contributed by atoms with Crippen LogP contribution in [-0.2, 0) is 11.3 Å². The second-order valence-corrected chi connectivity index (χ2v) is 5.59. The molecule has 1 aliphatic rings. The van der Waals surface area contributed by atoms with Crippen LogP contribution in [0.4, 0.5) is 0 Å². The fraction of sp³-hybridized carbons (Fsp3) is 0.375. The standard InChI is InChI=1S/C16H18N2O2/c1-16(15(19)20)8-4-10-18(16)11-12-7-9-17-14-6-3-2-5-13(12)14/h2-3,5-7,9H,4,8,10-11H2,1H3,(H,19,20). The van der Waals surface area contributed by atoms with Gasteiger partial charge in [0.1, 0.15) is 5.54 Å². The molecule has 0 aliphatic carbocycles. The van der Waals surface area contributed by atoms with Crippen LogP contribution < -0.4 is 0 Å². The van der Waals surface area contributed by atoms with E-state index in [-0.39, 0.29) is 0 Å². The van der Waals surface area contributed by atoms with Gasteiger partial charge >= 0.3 is 5.97 Å². The highest BCUT2D eigenvalue weighted by molar-refractivity contribution is 5.82. The summed E-state index contributed by atoms with van der Waals surface area (Å²) in [5.74, 6) is -0.728. The second kappa shape index (κ2) is 4.87. The first kappa shape index (κ1) is 13.1. The third-order valence-electron chi connectivity index (χ3n) is 4.35. The molecule has 0 amide bonds. The molecule has 20 heavy (non-hydrogen) atoms. The van der Waals surface area contributed by atoms with Crippen LogP contribution in [0.1, 0.15) is 25.3 Å². The number of hydrogen-bond acceptors (Lipinski definition) is 3. The van der Waals surface area contributed by atoms with Gasteiger partial charge in [-0.2, -0.15) is 0 Å². The van der Waals surface area contributed by atoms with Gasteiger partial charge in [-0.15, -0.1) is 0 Å². The van der Waals surface area contributed by atoms with E-state index >= 15 is 0 Å². The Morgan fingerprint density at radius 2 is 2.20 bits per heavy atom. The van der Waals surface area contributed by atoms with Crippen molar-refractivity contribution in [3.8, 4) is 0 Å². The molecule has 104 valence electrons. The molecule has 4 heteroatoms. The zero-order valence-corrected chi connectivity index (χ0v) is 11.5. The number of pyridine rings is 1. The Bertz CT molecular complexity index is 650. The molecule has 1 aliphatic heterocycles. The molecule has 3 rings (SSSR count). The van der Waals surface area contributed by atoms with Crippen LogP contribution in [0.25, 0.3) is 10.9 Å². The second-order valence-electron chi connectivity index (χ2n) is 5.59. The Kier molecular flexibility index (Phi) is 3.18. The number of hydrogen-bond donors (Lipinski definition) is 1. The fourth-order valence-electron chi connectivity index (χ4n) is 3.01. The molecular weight excluding hydrogens is 252 g/mol. The molecule has 0 saturated carbocycles. The van der Waals surface area contributed by atoms with E-state index in [0.29, 0.717) is 13.0 Å². The van der Waals surface area contributed by atoms with Gasteiger partial charge in [-0.05, 0) is 44.0 Å². The van der Waals surface area contributed by atoms with E-state index in [4.69, 9.17) is 0 Å². The Balaban J connectivity index is 1.96. The van der Waals surface area contributed by atoms with Crippen LogP contribution in [0, 0.1) is 0 Å². The van der Waals surface area contributed by atoms with E-state index < -0.39 is 11.5 Å². The largest absolute Gasteiger partial charge is 0.480 e. The van der Waals surface area contributed by atoms with Crippen molar-refractivity contribution in [2.24, 2.45) is 0 Å². The highest BCUT2D eigenvalue weighted by Crippen LogP contribution is 2.31. The van der Waals surface area contributed by atoms with E-state index in [9.17, 15) is 9.90 Å². The van der Waals surface area contributed by atoms with Crippen molar-refractivity contribution in [1.82, 2.24) is 9.88 Å². The van der Waals surface area contributed by atoms with E-state index in [1.54, 1.807) is 6.20 Å². The van der Waals surface area contributed by atoms with Crippen LogP contribution in [0.5, 0.6) is 0 Å². The molecule has 1 atom stereocenters. The quantitative estimate of drug-likeness (QED) is 0.931. The minimum Gasteiger partial charge on any atom is -0.480 e. The maximum absolute atomic E-state index is 11.5. The summed E-state index contributed by atoms with van der Waals surface area (Å²) in [5, 5.41) is 10.6. The normalized spacial score (nSPS) is 23.2. The summed E-state index contributed by atoms with van der Waals surface area (Å²) in [6.07, 6.45) is 3.45. The van der Waals surface area contributed by atoms with Gasteiger partial charge < -0.3 is 5.11 Å². The van der Waals surface area contributed by atoms with Crippen LogP contribution in [0.2, 0.25) is 0 Å². The monoisotopic (exact) mass is 270 g/mol. The first-order valence-corrected chi connectivity index (χ1v) is 6.92. The summed E-state index contributed by atoms with van der Waals surface area (Å²) in [6.45, 7) is 3.32. The van der Waals surface area contributed by atoms with Crippen LogP contribution in [0.15, 0.2) is 36.5 Å². The summed E-state index contributed by atoms with van der Waals surface area (Å²) in [7, 11) is 0. The van der Waals surface area contributed by atoms with Gasteiger partial charge in [-0.1, -0.05) is 18.2 Å². The zero-order valence-electron chi connectivity index (χ0n) is 11.5. The molecule has 2 aromatic rings. The molecule has 0 bridgehead atoms. The van der Waals surface area contributed by atoms with Crippen molar-refractivity contribution in [2.45, 2.75) is 31.8 Å². The van der Waals surface area contributed by atoms with Gasteiger partial charge in [0.2, 0.25) is 0 Å². The average Bonchev–Trinajstić information content (AvgIpc) is 2.82. The average molecular weight is 270 g/mol. The number of nitrogens with zero attached hydrogens (tertiary/aromatic N) is 2. The van der Waals surface area contributed by atoms with Gasteiger partial charge in [-0.25, -0.2) is 0 Å². The Hall–Kier alpha value is -1.94. The minimum atomic E-state index is -0.746. The van der Waals surface area contributed by atoms with Crippen LogP contribution >= 0.6 is 0 Å². The van der Waals surface area contributed by atoms with Gasteiger partial charge in [0.05, 0.1) is 5.52 Å². The molecule has 1 saturated heterocycles. The summed E-state index contributed by atoms with van der Waals surface area (Å²) in [4.78, 5) is 18.0. The van der Waals surface area contributed by atoms with Crippen LogP contribution in [0.3, 0.4) is 0 Å². The lowest BCUT2D eigenvalue weighted by atomic mass is 9.98. The lowest BCUT2D eigenvalue weighted by molar-refractivity contribution is -0.148. The summed E-state index contributed by atoms with van der Waals surface area (Å²) < 4.78 is 0.